The van der Waals surface area contributed by atoms with Crippen molar-refractivity contribution in [2.75, 3.05) is 29.5 Å². The molecule has 1 aromatic heterocycles. The molecule has 5 nitrogen and oxygen atoms in total. The first-order chi connectivity index (χ1) is 13.2. The van der Waals surface area contributed by atoms with Crippen LogP contribution < -0.4 is 9.80 Å². The number of pyridine rings is 1. The van der Waals surface area contributed by atoms with Crippen LogP contribution in [0.3, 0.4) is 0 Å². The first kappa shape index (κ1) is 16.4. The molecule has 1 fully saturated rings. The topological polar surface area (TPSA) is 45.7 Å². The molecular weight excluding hydrogens is 362 g/mol. The predicted octanol–water partition coefficient (Wildman–Crippen LogP) is 4.41. The van der Waals surface area contributed by atoms with Gasteiger partial charge in [-0.25, -0.2) is 4.79 Å². The van der Waals surface area contributed by atoms with Gasteiger partial charge in [0.05, 0.1) is 17.7 Å². The van der Waals surface area contributed by atoms with E-state index in [0.29, 0.717) is 18.2 Å². The summed E-state index contributed by atoms with van der Waals surface area (Å²) in [6.07, 6.45) is 2.47. The van der Waals surface area contributed by atoms with Crippen molar-refractivity contribution in [1.29, 1.82) is 0 Å². The Kier molecular flexibility index (Phi) is 3.90. The second-order valence-electron chi connectivity index (χ2n) is 6.84. The van der Waals surface area contributed by atoms with E-state index in [-0.39, 0.29) is 6.09 Å². The Bertz CT molecular complexity index is 1050. The van der Waals surface area contributed by atoms with Crippen molar-refractivity contribution in [2.24, 2.45) is 0 Å². The minimum absolute atomic E-state index is 0.249. The zero-order valence-electron chi connectivity index (χ0n) is 14.7. The highest BCUT2D eigenvalue weighted by Gasteiger charge is 2.28. The van der Waals surface area contributed by atoms with Crippen LogP contribution in [0.1, 0.15) is 11.1 Å². The van der Waals surface area contributed by atoms with E-state index < -0.39 is 0 Å². The fourth-order valence-electron chi connectivity index (χ4n) is 4.04. The third-order valence-electron chi connectivity index (χ3n) is 5.31. The second kappa shape index (κ2) is 6.43. The molecule has 3 heterocycles. The van der Waals surface area contributed by atoms with Crippen LogP contribution >= 0.6 is 11.6 Å². The monoisotopic (exact) mass is 379 g/mol. The largest absolute Gasteiger partial charge is 0.447 e. The predicted molar refractivity (Wildman–Crippen MR) is 107 cm³/mol. The summed E-state index contributed by atoms with van der Waals surface area (Å²) in [4.78, 5) is 20.6. The molecule has 0 bridgehead atoms. The maximum atomic E-state index is 12.0. The molecule has 0 N–H and O–H groups in total. The average Bonchev–Trinajstić information content (AvgIpc) is 3.12. The molecule has 0 atom stereocenters. The maximum absolute atomic E-state index is 12.0. The van der Waals surface area contributed by atoms with Crippen molar-refractivity contribution in [3.63, 3.8) is 0 Å². The lowest BCUT2D eigenvalue weighted by molar-refractivity contribution is 0.181. The van der Waals surface area contributed by atoms with Crippen LogP contribution in [0.25, 0.3) is 10.9 Å². The fourth-order valence-corrected chi connectivity index (χ4v) is 4.21. The number of nitrogens with zero attached hydrogens (tertiary/aromatic N) is 3. The van der Waals surface area contributed by atoms with Crippen molar-refractivity contribution >= 4 is 40.0 Å². The lowest BCUT2D eigenvalue weighted by atomic mass is 9.96. The molecular formula is C21H18ClN3O2. The minimum atomic E-state index is -0.249. The van der Waals surface area contributed by atoms with Crippen LogP contribution in [0.4, 0.5) is 16.2 Å². The summed E-state index contributed by atoms with van der Waals surface area (Å²) < 4.78 is 5.12. The molecule has 27 heavy (non-hydrogen) atoms. The molecule has 136 valence electrons. The van der Waals surface area contributed by atoms with Gasteiger partial charge in [0.15, 0.2) is 0 Å². The van der Waals surface area contributed by atoms with E-state index in [1.54, 1.807) is 4.90 Å². The van der Waals surface area contributed by atoms with Crippen LogP contribution in [0.15, 0.2) is 48.7 Å². The highest BCUT2D eigenvalue weighted by molar-refractivity contribution is 6.31. The summed E-state index contributed by atoms with van der Waals surface area (Å²) in [7, 11) is 0. The molecule has 5 rings (SSSR count). The smallest absolute Gasteiger partial charge is 0.414 e. The average molecular weight is 380 g/mol. The van der Waals surface area contributed by atoms with Crippen molar-refractivity contribution in [1.82, 2.24) is 4.98 Å². The number of aromatic nitrogens is 1. The standard InChI is InChI=1S/C21H18ClN3O2/c22-15-4-5-18-17(12-15)19(6-8-23-18)24-9-7-16-14(13-24)2-1-3-20(16)25-10-11-27-21(25)26/h1-6,8,12H,7,9-11,13H2. The van der Waals surface area contributed by atoms with Gasteiger partial charge < -0.3 is 9.64 Å². The first-order valence-electron chi connectivity index (χ1n) is 9.05. The summed E-state index contributed by atoms with van der Waals surface area (Å²) in [6, 6.07) is 14.0. The Morgan fingerprint density at radius 1 is 1.07 bits per heavy atom. The van der Waals surface area contributed by atoms with Gasteiger partial charge in [0.2, 0.25) is 0 Å². The highest BCUT2D eigenvalue weighted by atomic mass is 35.5. The molecule has 1 amide bonds. The molecule has 2 aromatic carbocycles. The van der Waals surface area contributed by atoms with Crippen molar-refractivity contribution in [3.05, 3.63) is 64.8 Å². The Hall–Kier alpha value is -2.79. The van der Waals surface area contributed by atoms with Gasteiger partial charge in [-0.3, -0.25) is 9.88 Å². The second-order valence-corrected chi connectivity index (χ2v) is 7.28. The van der Waals surface area contributed by atoms with E-state index >= 15 is 0 Å². The van der Waals surface area contributed by atoms with Gasteiger partial charge in [0.1, 0.15) is 6.61 Å². The Balaban J connectivity index is 1.52. The SMILES string of the molecule is O=C1OCCN1c1cccc2c1CCN(c1ccnc3ccc(Cl)cc13)C2. The van der Waals surface area contributed by atoms with Crippen molar-refractivity contribution in [2.45, 2.75) is 13.0 Å². The highest BCUT2D eigenvalue weighted by Crippen LogP contribution is 2.35. The van der Waals surface area contributed by atoms with Gasteiger partial charge in [-0.05, 0) is 47.9 Å². The van der Waals surface area contributed by atoms with E-state index in [4.69, 9.17) is 16.3 Å². The van der Waals surface area contributed by atoms with Gasteiger partial charge in [-0.1, -0.05) is 23.7 Å². The van der Waals surface area contributed by atoms with E-state index in [1.165, 1.54) is 11.1 Å². The first-order valence-corrected chi connectivity index (χ1v) is 9.43. The number of ether oxygens (including phenoxy) is 1. The Morgan fingerprint density at radius 2 is 2.00 bits per heavy atom. The molecule has 0 saturated carbocycles. The zero-order chi connectivity index (χ0) is 18.4. The van der Waals surface area contributed by atoms with E-state index in [1.807, 2.05) is 42.6 Å². The van der Waals surface area contributed by atoms with E-state index in [2.05, 4.69) is 16.0 Å². The van der Waals surface area contributed by atoms with Gasteiger partial charge in [-0.2, -0.15) is 0 Å². The summed E-state index contributed by atoms with van der Waals surface area (Å²) in [6.45, 7) is 2.74. The molecule has 6 heteroatoms. The minimum Gasteiger partial charge on any atom is -0.447 e. The third kappa shape index (κ3) is 2.79. The number of benzene rings is 2. The summed E-state index contributed by atoms with van der Waals surface area (Å²) in [5.74, 6) is 0. The van der Waals surface area contributed by atoms with Gasteiger partial charge in [0.25, 0.3) is 0 Å². The molecule has 0 aliphatic carbocycles. The van der Waals surface area contributed by atoms with Crippen LogP contribution in [0, 0.1) is 0 Å². The summed E-state index contributed by atoms with van der Waals surface area (Å²) in [5.41, 5.74) is 5.54. The van der Waals surface area contributed by atoms with Crippen LogP contribution in [-0.2, 0) is 17.7 Å². The normalized spacial score (nSPS) is 16.6. The Morgan fingerprint density at radius 3 is 2.85 bits per heavy atom. The molecule has 0 radical (unpaired) electrons. The van der Waals surface area contributed by atoms with Gasteiger partial charge in [0, 0.05) is 35.4 Å². The van der Waals surface area contributed by atoms with Crippen LogP contribution in [0.5, 0.6) is 0 Å². The van der Waals surface area contributed by atoms with Crippen LogP contribution in [0.2, 0.25) is 5.02 Å². The summed E-state index contributed by atoms with van der Waals surface area (Å²) in [5, 5.41) is 1.77. The summed E-state index contributed by atoms with van der Waals surface area (Å²) >= 11 is 6.22. The lowest BCUT2D eigenvalue weighted by Crippen LogP contribution is -2.33. The number of hydrogen-bond acceptors (Lipinski definition) is 4. The number of rotatable bonds is 2. The molecule has 3 aromatic rings. The lowest BCUT2D eigenvalue weighted by Gasteiger charge is -2.33. The van der Waals surface area contributed by atoms with E-state index in [0.717, 1.165) is 41.8 Å². The number of hydrogen-bond donors (Lipinski definition) is 0. The third-order valence-corrected chi connectivity index (χ3v) is 5.55. The fraction of sp³-hybridized carbons (Fsp3) is 0.238. The number of anilines is 2. The van der Waals surface area contributed by atoms with E-state index in [9.17, 15) is 4.79 Å². The quantitative estimate of drug-likeness (QED) is 0.661. The number of carbonyl (C=O) groups excluding carboxylic acids is 1. The van der Waals surface area contributed by atoms with Crippen molar-refractivity contribution in [3.8, 4) is 0 Å². The molecule has 0 spiro atoms. The molecule has 2 aliphatic heterocycles. The van der Waals surface area contributed by atoms with Gasteiger partial charge >= 0.3 is 6.09 Å². The molecule has 0 unspecified atom stereocenters. The van der Waals surface area contributed by atoms with Gasteiger partial charge in [-0.15, -0.1) is 0 Å². The molecule has 1 saturated heterocycles. The maximum Gasteiger partial charge on any atom is 0.414 e. The Labute approximate surface area is 162 Å². The zero-order valence-corrected chi connectivity index (χ0v) is 15.4. The molecule has 2 aliphatic rings. The number of fused-ring (bicyclic) bond motifs is 2. The number of carbonyl (C=O) groups is 1. The number of amides is 1. The number of cyclic esters (lactones) is 1. The van der Waals surface area contributed by atoms with Crippen molar-refractivity contribution < 1.29 is 9.53 Å². The number of halogens is 1. The van der Waals surface area contributed by atoms with Crippen LogP contribution in [-0.4, -0.2) is 30.8 Å².